The first-order valence-electron chi connectivity index (χ1n) is 12.4. The van der Waals surface area contributed by atoms with Gasteiger partial charge in [-0.05, 0) is 31.2 Å². The molecular formula is C27H31N7O. The Hall–Kier alpha value is -3.49. The Kier molecular flexibility index (Phi) is 6.06. The van der Waals surface area contributed by atoms with E-state index in [1.165, 1.54) is 5.56 Å². The molecule has 2 saturated heterocycles. The molecule has 3 aromatic heterocycles. The fourth-order valence-corrected chi connectivity index (χ4v) is 5.15. The number of morpholine rings is 1. The second-order valence-electron chi connectivity index (χ2n) is 9.41. The Balaban J connectivity index is 1.42. The maximum Gasteiger partial charge on any atom is 0.160 e. The first kappa shape index (κ1) is 22.0. The number of anilines is 2. The summed E-state index contributed by atoms with van der Waals surface area (Å²) >= 11 is 0. The van der Waals surface area contributed by atoms with Crippen molar-refractivity contribution in [2.45, 2.75) is 12.5 Å². The fourth-order valence-electron chi connectivity index (χ4n) is 5.15. The predicted molar refractivity (Wildman–Crippen MR) is 138 cm³/mol. The summed E-state index contributed by atoms with van der Waals surface area (Å²) in [5.41, 5.74) is 4.18. The van der Waals surface area contributed by atoms with E-state index in [9.17, 15) is 0 Å². The molecule has 1 unspecified atom stereocenters. The standard InChI is InChI=1S/C27H31N7O/c1-31-11-12-33(23(20-31)17-21-5-3-2-4-6-21)25-19-27(32-13-15-35-16-14-32)34-26(29-25)18-24(30-34)22-7-9-28-10-8-22/h2-10,18-19,23H,11-17,20H2,1H3. The second kappa shape index (κ2) is 9.64. The highest BCUT2D eigenvalue weighted by molar-refractivity contribution is 5.68. The van der Waals surface area contributed by atoms with E-state index in [1.54, 1.807) is 12.4 Å². The van der Waals surface area contributed by atoms with Gasteiger partial charge in [0.15, 0.2) is 5.65 Å². The van der Waals surface area contributed by atoms with Gasteiger partial charge in [0.25, 0.3) is 0 Å². The molecule has 0 saturated carbocycles. The van der Waals surface area contributed by atoms with Crippen molar-refractivity contribution in [3.8, 4) is 11.3 Å². The smallest absolute Gasteiger partial charge is 0.160 e. The quantitative estimate of drug-likeness (QED) is 0.445. The van der Waals surface area contributed by atoms with E-state index in [4.69, 9.17) is 14.8 Å². The molecule has 0 bridgehead atoms. The van der Waals surface area contributed by atoms with Gasteiger partial charge in [0.2, 0.25) is 0 Å². The van der Waals surface area contributed by atoms with E-state index in [-0.39, 0.29) is 0 Å². The molecule has 1 aromatic carbocycles. The molecule has 0 spiro atoms. The summed E-state index contributed by atoms with van der Waals surface area (Å²) in [6, 6.07) is 19.4. The van der Waals surface area contributed by atoms with Crippen LogP contribution in [0.3, 0.4) is 0 Å². The molecule has 0 aliphatic carbocycles. The first-order chi connectivity index (χ1) is 17.2. The molecule has 8 heteroatoms. The number of piperazine rings is 1. The van der Waals surface area contributed by atoms with Gasteiger partial charge in [0.1, 0.15) is 11.6 Å². The van der Waals surface area contributed by atoms with Gasteiger partial charge in [0, 0.05) is 68.9 Å². The minimum atomic E-state index is 0.353. The monoisotopic (exact) mass is 469 g/mol. The number of hydrogen-bond donors (Lipinski definition) is 0. The Morgan fingerprint density at radius 3 is 2.54 bits per heavy atom. The summed E-state index contributed by atoms with van der Waals surface area (Å²) in [6.45, 7) is 6.12. The van der Waals surface area contributed by atoms with Crippen molar-refractivity contribution in [1.29, 1.82) is 0 Å². The number of hydrogen-bond acceptors (Lipinski definition) is 7. The summed E-state index contributed by atoms with van der Waals surface area (Å²) in [4.78, 5) is 16.6. The lowest BCUT2D eigenvalue weighted by molar-refractivity contribution is 0.122. The van der Waals surface area contributed by atoms with E-state index in [0.717, 1.165) is 80.9 Å². The Morgan fingerprint density at radius 1 is 0.943 bits per heavy atom. The van der Waals surface area contributed by atoms with Gasteiger partial charge < -0.3 is 19.4 Å². The van der Waals surface area contributed by atoms with Gasteiger partial charge in [-0.15, -0.1) is 0 Å². The molecule has 180 valence electrons. The number of benzene rings is 1. The minimum Gasteiger partial charge on any atom is -0.378 e. The summed E-state index contributed by atoms with van der Waals surface area (Å²) in [6.07, 6.45) is 4.60. The van der Waals surface area contributed by atoms with Crippen LogP contribution < -0.4 is 9.80 Å². The number of likely N-dealkylation sites (N-methyl/N-ethyl adjacent to an activating group) is 1. The van der Waals surface area contributed by atoms with E-state index >= 15 is 0 Å². The second-order valence-corrected chi connectivity index (χ2v) is 9.41. The molecule has 2 aliphatic rings. The Morgan fingerprint density at radius 2 is 1.74 bits per heavy atom. The van der Waals surface area contributed by atoms with Gasteiger partial charge in [-0.2, -0.15) is 9.61 Å². The van der Waals surface area contributed by atoms with Gasteiger partial charge in [-0.1, -0.05) is 30.3 Å². The molecule has 5 heterocycles. The van der Waals surface area contributed by atoms with Gasteiger partial charge in [0.05, 0.1) is 18.9 Å². The number of aromatic nitrogens is 4. The average Bonchev–Trinajstić information content (AvgIpc) is 3.34. The van der Waals surface area contributed by atoms with Crippen LogP contribution in [-0.4, -0.2) is 83.5 Å². The molecule has 0 radical (unpaired) electrons. The number of nitrogens with zero attached hydrogens (tertiary/aromatic N) is 7. The van der Waals surface area contributed by atoms with Crippen molar-refractivity contribution in [3.63, 3.8) is 0 Å². The molecule has 0 amide bonds. The van der Waals surface area contributed by atoms with Gasteiger partial charge in [-0.3, -0.25) is 4.98 Å². The van der Waals surface area contributed by atoms with Crippen molar-refractivity contribution in [1.82, 2.24) is 24.5 Å². The highest BCUT2D eigenvalue weighted by Gasteiger charge is 2.28. The van der Waals surface area contributed by atoms with Gasteiger partial charge >= 0.3 is 0 Å². The van der Waals surface area contributed by atoms with Crippen LogP contribution in [-0.2, 0) is 11.2 Å². The normalized spacial score (nSPS) is 19.4. The fraction of sp³-hybridized carbons (Fsp3) is 0.370. The Bertz CT molecular complexity index is 1270. The van der Waals surface area contributed by atoms with Crippen molar-refractivity contribution < 1.29 is 4.74 Å². The SMILES string of the molecule is CN1CCN(c2cc(N3CCOCC3)n3nc(-c4ccncc4)cc3n2)C(Cc2ccccc2)C1. The number of fused-ring (bicyclic) bond motifs is 1. The maximum absolute atomic E-state index is 5.64. The zero-order chi connectivity index (χ0) is 23.6. The Labute approximate surface area is 205 Å². The largest absolute Gasteiger partial charge is 0.378 e. The van der Waals surface area contributed by atoms with Crippen LogP contribution in [0.2, 0.25) is 0 Å². The minimum absolute atomic E-state index is 0.353. The average molecular weight is 470 g/mol. The lowest BCUT2D eigenvalue weighted by atomic mass is 10.0. The third kappa shape index (κ3) is 4.59. The van der Waals surface area contributed by atoms with Crippen LogP contribution in [0, 0.1) is 0 Å². The molecule has 8 nitrogen and oxygen atoms in total. The van der Waals surface area contributed by atoms with Crippen molar-refractivity contribution >= 4 is 17.3 Å². The predicted octanol–water partition coefficient (Wildman–Crippen LogP) is 2.99. The third-order valence-corrected chi connectivity index (χ3v) is 7.00. The van der Waals surface area contributed by atoms with E-state index in [2.05, 4.69) is 69.2 Å². The number of pyridine rings is 1. The maximum atomic E-state index is 5.64. The molecule has 35 heavy (non-hydrogen) atoms. The highest BCUT2D eigenvalue weighted by Crippen LogP contribution is 2.29. The number of rotatable bonds is 5. The lowest BCUT2D eigenvalue weighted by Crippen LogP contribution is -2.53. The molecular weight excluding hydrogens is 438 g/mol. The van der Waals surface area contributed by atoms with Crippen LogP contribution in [0.15, 0.2) is 67.0 Å². The van der Waals surface area contributed by atoms with Crippen molar-refractivity contribution in [2.75, 3.05) is 62.8 Å². The van der Waals surface area contributed by atoms with Crippen LogP contribution in [0.1, 0.15) is 5.56 Å². The summed E-state index contributed by atoms with van der Waals surface area (Å²) in [5.74, 6) is 2.10. The van der Waals surface area contributed by atoms with Gasteiger partial charge in [-0.25, -0.2) is 4.98 Å². The zero-order valence-electron chi connectivity index (χ0n) is 20.1. The zero-order valence-corrected chi connectivity index (χ0v) is 20.1. The third-order valence-electron chi connectivity index (χ3n) is 7.00. The van der Waals surface area contributed by atoms with Crippen LogP contribution >= 0.6 is 0 Å². The summed E-state index contributed by atoms with van der Waals surface area (Å²) in [7, 11) is 2.21. The molecule has 0 N–H and O–H groups in total. The van der Waals surface area contributed by atoms with E-state index in [0.29, 0.717) is 6.04 Å². The molecule has 2 fully saturated rings. The molecule has 2 aliphatic heterocycles. The van der Waals surface area contributed by atoms with Crippen LogP contribution in [0.5, 0.6) is 0 Å². The first-order valence-corrected chi connectivity index (χ1v) is 12.4. The topological polar surface area (TPSA) is 62.0 Å². The summed E-state index contributed by atoms with van der Waals surface area (Å²) < 4.78 is 7.63. The van der Waals surface area contributed by atoms with E-state index < -0.39 is 0 Å². The molecule has 4 aromatic rings. The van der Waals surface area contributed by atoms with Crippen molar-refractivity contribution in [2.24, 2.45) is 0 Å². The van der Waals surface area contributed by atoms with E-state index in [1.807, 2.05) is 16.6 Å². The highest BCUT2D eigenvalue weighted by atomic mass is 16.5. The molecule has 6 rings (SSSR count). The van der Waals surface area contributed by atoms with Crippen molar-refractivity contribution in [3.05, 3.63) is 72.6 Å². The molecule has 1 atom stereocenters. The van der Waals surface area contributed by atoms with Crippen LogP contribution in [0.4, 0.5) is 11.6 Å². The summed E-state index contributed by atoms with van der Waals surface area (Å²) in [5, 5.41) is 4.96. The van der Waals surface area contributed by atoms with Crippen LogP contribution in [0.25, 0.3) is 16.9 Å². The number of ether oxygens (including phenoxy) is 1. The lowest BCUT2D eigenvalue weighted by Gasteiger charge is -2.41.